The first-order chi connectivity index (χ1) is 16.4. The molecule has 3 aromatic carbocycles. The Kier molecular flexibility index (Phi) is 5.84. The zero-order valence-electron chi connectivity index (χ0n) is 18.7. The molecule has 34 heavy (non-hydrogen) atoms. The minimum absolute atomic E-state index is 0.224. The van der Waals surface area contributed by atoms with Crippen molar-refractivity contribution in [1.82, 2.24) is 5.32 Å². The summed E-state index contributed by atoms with van der Waals surface area (Å²) in [6, 6.07) is 18.9. The van der Waals surface area contributed by atoms with Crippen LogP contribution in [-0.2, 0) is 20.8 Å². The molecule has 2 N–H and O–H groups in total. The molecule has 3 amide bonds. The first kappa shape index (κ1) is 22.2. The summed E-state index contributed by atoms with van der Waals surface area (Å²) in [5.41, 5.74) is 7.09. The monoisotopic (exact) mass is 473 g/mol. The van der Waals surface area contributed by atoms with E-state index in [-0.39, 0.29) is 12.3 Å². The van der Waals surface area contributed by atoms with E-state index in [2.05, 4.69) is 22.8 Å². The van der Waals surface area contributed by atoms with E-state index in [4.69, 9.17) is 11.6 Å². The van der Waals surface area contributed by atoms with Crippen LogP contribution in [0, 0.1) is 6.92 Å². The highest BCUT2D eigenvalue weighted by molar-refractivity contribution is 6.34. The minimum Gasteiger partial charge on any atom is -0.344 e. The topological polar surface area (TPSA) is 78.5 Å². The second-order valence-electron chi connectivity index (χ2n) is 8.78. The van der Waals surface area contributed by atoms with Gasteiger partial charge >= 0.3 is 0 Å². The van der Waals surface area contributed by atoms with Gasteiger partial charge in [-0.25, -0.2) is 0 Å². The van der Waals surface area contributed by atoms with Gasteiger partial charge in [-0.3, -0.25) is 14.4 Å². The molecule has 0 aromatic heterocycles. The van der Waals surface area contributed by atoms with Crippen LogP contribution in [0.2, 0.25) is 5.02 Å². The molecule has 3 aromatic rings. The van der Waals surface area contributed by atoms with Gasteiger partial charge < -0.3 is 15.5 Å². The van der Waals surface area contributed by atoms with Gasteiger partial charge in [0, 0.05) is 12.2 Å². The molecule has 7 heteroatoms. The summed E-state index contributed by atoms with van der Waals surface area (Å²) in [6.07, 6.45) is 0.926. The Labute approximate surface area is 202 Å². The number of hydrogen-bond acceptors (Lipinski definition) is 3. The fourth-order valence-corrected chi connectivity index (χ4v) is 5.04. The van der Waals surface area contributed by atoms with Crippen molar-refractivity contribution < 1.29 is 14.4 Å². The van der Waals surface area contributed by atoms with Gasteiger partial charge in [-0.1, -0.05) is 48.0 Å². The lowest BCUT2D eigenvalue weighted by Gasteiger charge is -2.19. The summed E-state index contributed by atoms with van der Waals surface area (Å²) >= 11 is 6.30. The summed E-state index contributed by atoms with van der Waals surface area (Å²) in [4.78, 5) is 39.3. The zero-order valence-corrected chi connectivity index (χ0v) is 19.5. The van der Waals surface area contributed by atoms with E-state index in [0.717, 1.165) is 17.5 Å². The van der Waals surface area contributed by atoms with Gasteiger partial charge in [-0.05, 0) is 71.8 Å². The van der Waals surface area contributed by atoms with Crippen LogP contribution < -0.4 is 15.5 Å². The van der Waals surface area contributed by atoms with E-state index in [1.807, 2.05) is 49.4 Å². The van der Waals surface area contributed by atoms with Crippen molar-refractivity contribution in [2.45, 2.75) is 32.2 Å². The van der Waals surface area contributed by atoms with Gasteiger partial charge in [0.05, 0.1) is 10.7 Å². The fraction of sp³-hybridized carbons (Fsp3) is 0.222. The van der Waals surface area contributed by atoms with E-state index in [1.165, 1.54) is 16.7 Å². The van der Waals surface area contributed by atoms with E-state index in [0.29, 0.717) is 29.4 Å². The molecule has 1 atom stereocenters. The Balaban J connectivity index is 1.17. The van der Waals surface area contributed by atoms with Crippen LogP contribution in [-0.4, -0.2) is 30.3 Å². The number of rotatable bonds is 5. The maximum absolute atomic E-state index is 12.8. The molecule has 0 saturated carbocycles. The molecule has 6 nitrogen and oxygen atoms in total. The first-order valence-corrected chi connectivity index (χ1v) is 11.6. The maximum Gasteiger partial charge on any atom is 0.249 e. The van der Waals surface area contributed by atoms with Gasteiger partial charge in [-0.2, -0.15) is 0 Å². The lowest BCUT2D eigenvalue weighted by atomic mass is 10.1. The average Bonchev–Trinajstić information content (AvgIpc) is 3.33. The molecule has 0 radical (unpaired) electrons. The SMILES string of the molecule is Cc1ccc(N2CCC(NC(=O)CC(=O)Nc3ccc4c(c3)Cc3ccccc3-4)C2=O)c(Cl)c1. The summed E-state index contributed by atoms with van der Waals surface area (Å²) in [5, 5.41) is 5.99. The molecule has 0 spiro atoms. The Hall–Kier alpha value is -3.64. The standard InChI is InChI=1S/C27H24ClN3O3/c1-16-6-9-24(22(28)12-16)31-11-10-23(27(31)34)30-26(33)15-25(32)29-19-7-8-21-18(14-19)13-17-4-2-3-5-20(17)21/h2-9,12,14,23H,10-11,13,15H2,1H3,(H,29,32)(H,30,33). The second-order valence-corrected chi connectivity index (χ2v) is 9.19. The molecule has 1 heterocycles. The van der Waals surface area contributed by atoms with Crippen molar-refractivity contribution in [2.75, 3.05) is 16.8 Å². The number of amides is 3. The van der Waals surface area contributed by atoms with Gasteiger partial charge in [0.1, 0.15) is 12.5 Å². The number of fused-ring (bicyclic) bond motifs is 3. The number of halogens is 1. The summed E-state index contributed by atoms with van der Waals surface area (Å²) < 4.78 is 0. The third-order valence-corrected chi connectivity index (χ3v) is 6.64. The number of nitrogens with one attached hydrogen (secondary N) is 2. The second kappa shape index (κ2) is 8.95. The Bertz CT molecular complexity index is 1320. The Morgan fingerprint density at radius 1 is 1.00 bits per heavy atom. The Morgan fingerprint density at radius 2 is 1.79 bits per heavy atom. The van der Waals surface area contributed by atoms with Crippen LogP contribution in [0.4, 0.5) is 11.4 Å². The zero-order chi connectivity index (χ0) is 23.8. The van der Waals surface area contributed by atoms with E-state index in [9.17, 15) is 14.4 Å². The number of aryl methyl sites for hydroxylation is 1. The summed E-state index contributed by atoms with van der Waals surface area (Å²) in [7, 11) is 0. The van der Waals surface area contributed by atoms with Gasteiger partial charge in [0.15, 0.2) is 0 Å². The van der Waals surface area contributed by atoms with Gasteiger partial charge in [-0.15, -0.1) is 0 Å². The molecule has 1 unspecified atom stereocenters. The third kappa shape index (κ3) is 4.29. The van der Waals surface area contributed by atoms with Crippen LogP contribution in [0.25, 0.3) is 11.1 Å². The summed E-state index contributed by atoms with van der Waals surface area (Å²) in [6.45, 7) is 2.38. The molecule has 1 fully saturated rings. The average molecular weight is 474 g/mol. The van der Waals surface area contributed by atoms with Crippen molar-refractivity contribution in [1.29, 1.82) is 0 Å². The third-order valence-electron chi connectivity index (χ3n) is 6.33. The molecule has 5 rings (SSSR count). The van der Waals surface area contributed by atoms with Crippen molar-refractivity contribution in [3.8, 4) is 11.1 Å². The quantitative estimate of drug-likeness (QED) is 0.420. The molecular formula is C27H24ClN3O3. The highest BCUT2D eigenvalue weighted by atomic mass is 35.5. The molecule has 1 saturated heterocycles. The maximum atomic E-state index is 12.8. The van der Waals surface area contributed by atoms with E-state index in [1.54, 1.807) is 11.0 Å². The number of carbonyl (C=O) groups is 3. The van der Waals surface area contributed by atoms with Crippen LogP contribution in [0.5, 0.6) is 0 Å². The van der Waals surface area contributed by atoms with Gasteiger partial charge in [0.25, 0.3) is 0 Å². The largest absolute Gasteiger partial charge is 0.344 e. The molecule has 0 bridgehead atoms. The molecule has 2 aliphatic rings. The predicted octanol–water partition coefficient (Wildman–Crippen LogP) is 4.47. The lowest BCUT2D eigenvalue weighted by molar-refractivity contribution is -0.129. The number of nitrogens with zero attached hydrogens (tertiary/aromatic N) is 1. The normalized spacial score (nSPS) is 16.2. The van der Waals surface area contributed by atoms with Crippen LogP contribution >= 0.6 is 11.6 Å². The summed E-state index contributed by atoms with van der Waals surface area (Å²) in [5.74, 6) is -1.13. The number of benzene rings is 3. The molecule has 1 aliphatic heterocycles. The van der Waals surface area contributed by atoms with Crippen molar-refractivity contribution >= 4 is 40.7 Å². The first-order valence-electron chi connectivity index (χ1n) is 11.3. The van der Waals surface area contributed by atoms with Crippen LogP contribution in [0.1, 0.15) is 29.5 Å². The van der Waals surface area contributed by atoms with E-state index >= 15 is 0 Å². The number of hydrogen-bond donors (Lipinski definition) is 2. The minimum atomic E-state index is -0.670. The molecule has 1 aliphatic carbocycles. The van der Waals surface area contributed by atoms with Crippen LogP contribution in [0.3, 0.4) is 0 Å². The van der Waals surface area contributed by atoms with Crippen molar-refractivity contribution in [2.24, 2.45) is 0 Å². The van der Waals surface area contributed by atoms with Crippen molar-refractivity contribution in [3.63, 3.8) is 0 Å². The van der Waals surface area contributed by atoms with Crippen LogP contribution in [0.15, 0.2) is 60.7 Å². The van der Waals surface area contributed by atoms with Crippen molar-refractivity contribution in [3.05, 3.63) is 82.4 Å². The predicted molar refractivity (Wildman–Crippen MR) is 133 cm³/mol. The molecular weight excluding hydrogens is 450 g/mol. The number of carbonyl (C=O) groups excluding carboxylic acids is 3. The highest BCUT2D eigenvalue weighted by Gasteiger charge is 2.34. The Morgan fingerprint density at radius 3 is 2.62 bits per heavy atom. The fourth-order valence-electron chi connectivity index (χ4n) is 4.70. The van der Waals surface area contributed by atoms with Gasteiger partial charge in [0.2, 0.25) is 17.7 Å². The van der Waals surface area contributed by atoms with E-state index < -0.39 is 17.9 Å². The number of anilines is 2. The molecule has 172 valence electrons. The highest BCUT2D eigenvalue weighted by Crippen LogP contribution is 2.37. The smallest absolute Gasteiger partial charge is 0.249 e. The lowest BCUT2D eigenvalue weighted by Crippen LogP contribution is -2.42.